The molecule has 1 N–H and O–H groups in total. The Morgan fingerprint density at radius 1 is 1.50 bits per heavy atom. The van der Waals surface area contributed by atoms with Crippen LogP contribution in [0.15, 0.2) is 18.2 Å². The molecule has 1 aromatic carbocycles. The molecule has 20 heavy (non-hydrogen) atoms. The Hall–Kier alpha value is -1.95. The number of carbonyl (C=O) groups excluding carboxylic acids is 1. The van der Waals surface area contributed by atoms with E-state index < -0.39 is 11.0 Å². The molecular formula is C14H18N2O4. The predicted molar refractivity (Wildman–Crippen MR) is 75.1 cm³/mol. The summed E-state index contributed by atoms with van der Waals surface area (Å²) in [4.78, 5) is 23.9. The summed E-state index contributed by atoms with van der Waals surface area (Å²) in [6.45, 7) is 4.57. The minimum atomic E-state index is -0.548. The number of ketones is 1. The largest absolute Gasteiger partial charge is 0.391 e. The third-order valence-corrected chi connectivity index (χ3v) is 3.84. The Bertz CT molecular complexity index is 544. The lowest BCUT2D eigenvalue weighted by Gasteiger charge is -2.35. The second-order valence-corrected chi connectivity index (χ2v) is 5.29. The quantitative estimate of drug-likeness (QED) is 0.519. The summed E-state index contributed by atoms with van der Waals surface area (Å²) in [7, 11) is 0. The molecule has 108 valence electrons. The van der Waals surface area contributed by atoms with E-state index in [9.17, 15) is 20.0 Å². The molecule has 1 aliphatic heterocycles. The molecule has 0 aromatic heterocycles. The normalized spacial score (nSPS) is 22.6. The lowest BCUT2D eigenvalue weighted by Crippen LogP contribution is -2.42. The van der Waals surface area contributed by atoms with Crippen LogP contribution >= 0.6 is 0 Å². The van der Waals surface area contributed by atoms with Crippen LogP contribution in [0.4, 0.5) is 11.4 Å². The molecule has 0 bridgehead atoms. The fourth-order valence-electron chi connectivity index (χ4n) is 2.45. The average molecular weight is 278 g/mol. The molecule has 0 saturated carbocycles. The summed E-state index contributed by atoms with van der Waals surface area (Å²) in [6, 6.07) is 4.53. The van der Waals surface area contributed by atoms with Gasteiger partial charge in [0.2, 0.25) is 0 Å². The maximum Gasteiger partial charge on any atom is 0.280 e. The first-order chi connectivity index (χ1) is 9.40. The topological polar surface area (TPSA) is 83.7 Å². The number of rotatable bonds is 3. The van der Waals surface area contributed by atoms with Crippen molar-refractivity contribution in [1.29, 1.82) is 0 Å². The van der Waals surface area contributed by atoms with Crippen molar-refractivity contribution in [1.82, 2.24) is 0 Å². The minimum Gasteiger partial charge on any atom is -0.391 e. The van der Waals surface area contributed by atoms with Crippen LogP contribution in [0.2, 0.25) is 0 Å². The summed E-state index contributed by atoms with van der Waals surface area (Å²) in [5.74, 6) is -0.0824. The van der Waals surface area contributed by atoms with E-state index >= 15 is 0 Å². The second kappa shape index (κ2) is 5.58. The van der Waals surface area contributed by atoms with Gasteiger partial charge in [0.05, 0.1) is 16.6 Å². The van der Waals surface area contributed by atoms with E-state index in [0.29, 0.717) is 6.54 Å². The molecule has 0 amide bonds. The van der Waals surface area contributed by atoms with E-state index in [1.807, 2.05) is 11.8 Å². The lowest BCUT2D eigenvalue weighted by atomic mass is 9.95. The molecule has 1 saturated heterocycles. The van der Waals surface area contributed by atoms with Gasteiger partial charge in [0, 0.05) is 24.8 Å². The van der Waals surface area contributed by atoms with Crippen LogP contribution in [0, 0.1) is 16.0 Å². The number of Topliss-reactive ketones (excluding diaryl/α,β-unsaturated/α-hetero) is 1. The highest BCUT2D eigenvalue weighted by Gasteiger charge is 2.26. The zero-order chi connectivity index (χ0) is 14.9. The first-order valence-corrected chi connectivity index (χ1v) is 6.62. The van der Waals surface area contributed by atoms with Crippen molar-refractivity contribution in [3.05, 3.63) is 33.9 Å². The lowest BCUT2D eigenvalue weighted by molar-refractivity contribution is -0.385. The van der Waals surface area contributed by atoms with Crippen LogP contribution in [0.3, 0.4) is 0 Å². The van der Waals surface area contributed by atoms with Crippen molar-refractivity contribution in [3.8, 4) is 0 Å². The number of aliphatic hydroxyl groups is 1. The number of nitro groups is 1. The van der Waals surface area contributed by atoms with Crippen LogP contribution in [0.1, 0.15) is 30.6 Å². The summed E-state index contributed by atoms with van der Waals surface area (Å²) >= 11 is 0. The minimum absolute atomic E-state index is 0.112. The van der Waals surface area contributed by atoms with Crippen molar-refractivity contribution >= 4 is 17.2 Å². The third kappa shape index (κ3) is 2.80. The zero-order valence-corrected chi connectivity index (χ0v) is 11.6. The Labute approximate surface area is 117 Å². The number of anilines is 1. The average Bonchev–Trinajstić information content (AvgIpc) is 2.41. The first kappa shape index (κ1) is 14.5. The molecule has 0 spiro atoms. The van der Waals surface area contributed by atoms with Gasteiger partial charge >= 0.3 is 0 Å². The van der Waals surface area contributed by atoms with Gasteiger partial charge in [-0.1, -0.05) is 6.92 Å². The van der Waals surface area contributed by atoms with Crippen molar-refractivity contribution in [2.24, 2.45) is 5.92 Å². The van der Waals surface area contributed by atoms with Gasteiger partial charge < -0.3 is 10.0 Å². The van der Waals surface area contributed by atoms with Gasteiger partial charge in [-0.3, -0.25) is 14.9 Å². The van der Waals surface area contributed by atoms with Gasteiger partial charge in [-0.05, 0) is 31.4 Å². The van der Waals surface area contributed by atoms with Crippen LogP contribution in [0.25, 0.3) is 0 Å². The number of β-amino-alcohol motifs (C(OH)–C–C–N with tert-alkyl or cyclic N) is 1. The third-order valence-electron chi connectivity index (χ3n) is 3.84. The van der Waals surface area contributed by atoms with Crippen molar-refractivity contribution in [3.63, 3.8) is 0 Å². The van der Waals surface area contributed by atoms with Gasteiger partial charge in [0.25, 0.3) is 5.69 Å². The van der Waals surface area contributed by atoms with Crippen molar-refractivity contribution < 1.29 is 14.8 Å². The number of nitrogens with zero attached hydrogens (tertiary/aromatic N) is 2. The monoisotopic (exact) mass is 278 g/mol. The number of nitro benzene ring substituents is 1. The Morgan fingerprint density at radius 3 is 2.75 bits per heavy atom. The van der Waals surface area contributed by atoms with Gasteiger partial charge in [0.15, 0.2) is 5.78 Å². The molecule has 6 nitrogen and oxygen atoms in total. The van der Waals surface area contributed by atoms with E-state index in [-0.39, 0.29) is 23.0 Å². The molecule has 1 aliphatic rings. The summed E-state index contributed by atoms with van der Waals surface area (Å²) in [6.07, 6.45) is 0.438. The van der Waals surface area contributed by atoms with E-state index in [0.717, 1.165) is 18.7 Å². The zero-order valence-electron chi connectivity index (χ0n) is 11.6. The highest BCUT2D eigenvalue weighted by molar-refractivity contribution is 5.99. The fraction of sp³-hybridized carbons (Fsp3) is 0.500. The van der Waals surface area contributed by atoms with Gasteiger partial charge in [-0.25, -0.2) is 0 Å². The SMILES string of the molecule is CC(=O)c1cc(N2CCC(C)C(O)C2)ccc1[N+](=O)[O-]. The molecule has 6 heteroatoms. The Kier molecular flexibility index (Phi) is 4.04. The standard InChI is InChI=1S/C14H18N2O4/c1-9-5-6-15(8-14(9)18)11-3-4-13(16(19)20)12(7-11)10(2)17/h3-4,7,9,14,18H,5-6,8H2,1-2H3. The van der Waals surface area contributed by atoms with E-state index in [1.165, 1.54) is 13.0 Å². The number of carbonyl (C=O) groups is 1. The molecule has 1 heterocycles. The van der Waals surface area contributed by atoms with Crippen molar-refractivity contribution in [2.75, 3.05) is 18.0 Å². The van der Waals surface area contributed by atoms with Crippen LogP contribution in [0.5, 0.6) is 0 Å². The smallest absolute Gasteiger partial charge is 0.280 e. The number of aliphatic hydroxyl groups excluding tert-OH is 1. The van der Waals surface area contributed by atoms with Crippen LogP contribution < -0.4 is 4.90 Å². The van der Waals surface area contributed by atoms with Gasteiger partial charge in [0.1, 0.15) is 0 Å². The molecule has 1 aromatic rings. The molecule has 0 aliphatic carbocycles. The Morgan fingerprint density at radius 2 is 2.20 bits per heavy atom. The van der Waals surface area contributed by atoms with Gasteiger partial charge in [-0.15, -0.1) is 0 Å². The number of hydrogen-bond acceptors (Lipinski definition) is 5. The summed E-state index contributed by atoms with van der Waals surface area (Å²) in [5, 5.41) is 20.8. The molecule has 2 unspecified atom stereocenters. The second-order valence-electron chi connectivity index (χ2n) is 5.29. The number of benzene rings is 1. The number of piperidine rings is 1. The first-order valence-electron chi connectivity index (χ1n) is 6.62. The molecular weight excluding hydrogens is 260 g/mol. The van der Waals surface area contributed by atoms with E-state index in [4.69, 9.17) is 0 Å². The van der Waals surface area contributed by atoms with E-state index in [1.54, 1.807) is 12.1 Å². The Balaban J connectivity index is 2.32. The maximum absolute atomic E-state index is 11.5. The highest BCUT2D eigenvalue weighted by atomic mass is 16.6. The van der Waals surface area contributed by atoms with Crippen molar-refractivity contribution in [2.45, 2.75) is 26.4 Å². The fourth-order valence-corrected chi connectivity index (χ4v) is 2.45. The number of hydrogen-bond donors (Lipinski definition) is 1. The molecule has 0 radical (unpaired) electrons. The molecule has 1 fully saturated rings. The predicted octanol–water partition coefficient (Wildman–Crippen LogP) is 2.00. The highest BCUT2D eigenvalue weighted by Crippen LogP contribution is 2.28. The van der Waals surface area contributed by atoms with Crippen LogP contribution in [-0.4, -0.2) is 35.0 Å². The summed E-state index contributed by atoms with van der Waals surface area (Å²) in [5.41, 5.74) is 0.680. The van der Waals surface area contributed by atoms with E-state index in [2.05, 4.69) is 0 Å². The maximum atomic E-state index is 11.5. The molecule has 2 rings (SSSR count). The summed E-state index contributed by atoms with van der Waals surface area (Å²) < 4.78 is 0. The van der Waals surface area contributed by atoms with Gasteiger partial charge in [-0.2, -0.15) is 0 Å². The van der Waals surface area contributed by atoms with Crippen LogP contribution in [-0.2, 0) is 0 Å². The molecule has 2 atom stereocenters.